The van der Waals surface area contributed by atoms with Gasteiger partial charge in [-0.1, -0.05) is 13.8 Å². The molecule has 1 heterocycles. The number of nitrogens with zero attached hydrogens (tertiary/aromatic N) is 2. The van der Waals surface area contributed by atoms with E-state index in [-0.39, 0.29) is 6.10 Å². The third kappa shape index (κ3) is 3.36. The molecule has 4 nitrogen and oxygen atoms in total. The Labute approximate surface area is 97.5 Å². The van der Waals surface area contributed by atoms with Gasteiger partial charge in [-0.3, -0.25) is 0 Å². The van der Waals surface area contributed by atoms with Crippen molar-refractivity contribution < 1.29 is 4.74 Å². The molecule has 1 aromatic rings. The van der Waals surface area contributed by atoms with Crippen molar-refractivity contribution in [3.8, 4) is 5.88 Å². The van der Waals surface area contributed by atoms with E-state index in [2.05, 4.69) is 36.1 Å². The number of nitrogens with one attached hydrogen (secondary N) is 1. The lowest BCUT2D eigenvalue weighted by Crippen LogP contribution is -2.16. The lowest BCUT2D eigenvalue weighted by Gasteiger charge is -2.17. The molecule has 0 fully saturated rings. The van der Waals surface area contributed by atoms with Crippen molar-refractivity contribution in [3.05, 3.63) is 11.9 Å². The van der Waals surface area contributed by atoms with Crippen LogP contribution in [0.3, 0.4) is 0 Å². The molecule has 1 N–H and O–H groups in total. The molecule has 0 aliphatic rings. The summed E-state index contributed by atoms with van der Waals surface area (Å²) >= 11 is 0. The molecular weight excluding hydrogens is 202 g/mol. The summed E-state index contributed by atoms with van der Waals surface area (Å²) < 4.78 is 5.81. The van der Waals surface area contributed by atoms with Gasteiger partial charge < -0.3 is 10.1 Å². The Morgan fingerprint density at radius 1 is 1.31 bits per heavy atom. The van der Waals surface area contributed by atoms with Crippen LogP contribution in [-0.2, 0) is 0 Å². The van der Waals surface area contributed by atoms with E-state index in [1.807, 2.05) is 14.0 Å². The van der Waals surface area contributed by atoms with Crippen LogP contribution >= 0.6 is 0 Å². The second-order valence-electron chi connectivity index (χ2n) is 4.46. The highest BCUT2D eigenvalue weighted by Gasteiger charge is 2.11. The first-order valence-electron chi connectivity index (χ1n) is 5.70. The van der Waals surface area contributed by atoms with Crippen molar-refractivity contribution in [1.29, 1.82) is 0 Å². The molecule has 1 aromatic heterocycles. The summed E-state index contributed by atoms with van der Waals surface area (Å²) in [7, 11) is 1.84. The standard InChI is InChI=1S/C12H21N3O/c1-8(2)6-9(3)16-12-10(4)11(13-5)14-7-15-12/h7-9H,6H2,1-5H3,(H,13,14,15). The number of rotatable bonds is 5. The predicted molar refractivity (Wildman–Crippen MR) is 65.9 cm³/mol. The lowest BCUT2D eigenvalue weighted by molar-refractivity contribution is 0.184. The normalized spacial score (nSPS) is 12.6. The highest BCUT2D eigenvalue weighted by atomic mass is 16.5. The summed E-state index contributed by atoms with van der Waals surface area (Å²) in [6.45, 7) is 8.40. The van der Waals surface area contributed by atoms with Gasteiger partial charge in [0, 0.05) is 7.05 Å². The van der Waals surface area contributed by atoms with E-state index in [0.29, 0.717) is 11.8 Å². The Kier molecular flexibility index (Phi) is 4.52. The van der Waals surface area contributed by atoms with Crippen LogP contribution in [0.15, 0.2) is 6.33 Å². The zero-order valence-electron chi connectivity index (χ0n) is 10.7. The van der Waals surface area contributed by atoms with Crippen molar-refractivity contribution in [3.63, 3.8) is 0 Å². The summed E-state index contributed by atoms with van der Waals surface area (Å²) in [6.07, 6.45) is 2.73. The minimum atomic E-state index is 0.179. The first-order chi connectivity index (χ1) is 7.54. The van der Waals surface area contributed by atoms with Gasteiger partial charge in [-0.25, -0.2) is 9.97 Å². The summed E-state index contributed by atoms with van der Waals surface area (Å²) in [5, 5.41) is 3.02. The zero-order chi connectivity index (χ0) is 12.1. The Balaban J connectivity index is 2.73. The molecule has 1 rings (SSSR count). The van der Waals surface area contributed by atoms with Gasteiger partial charge >= 0.3 is 0 Å². The van der Waals surface area contributed by atoms with Crippen LogP contribution in [0, 0.1) is 12.8 Å². The van der Waals surface area contributed by atoms with Crippen molar-refractivity contribution in [2.75, 3.05) is 12.4 Å². The highest BCUT2D eigenvalue weighted by molar-refractivity contribution is 5.46. The number of hydrogen-bond donors (Lipinski definition) is 1. The first kappa shape index (κ1) is 12.7. The summed E-state index contributed by atoms with van der Waals surface area (Å²) in [6, 6.07) is 0. The van der Waals surface area contributed by atoms with Crippen LogP contribution in [0.5, 0.6) is 5.88 Å². The SMILES string of the molecule is CNc1ncnc(OC(C)CC(C)C)c1C. The van der Waals surface area contributed by atoms with E-state index in [1.54, 1.807) is 0 Å². The number of ether oxygens (including phenoxy) is 1. The molecule has 4 heteroatoms. The molecule has 1 unspecified atom stereocenters. The van der Waals surface area contributed by atoms with Gasteiger partial charge in [0.2, 0.25) is 5.88 Å². The fourth-order valence-electron chi connectivity index (χ4n) is 1.71. The predicted octanol–water partition coefficient (Wildman–Crippen LogP) is 2.64. The third-order valence-electron chi connectivity index (χ3n) is 2.39. The minimum absolute atomic E-state index is 0.179. The quantitative estimate of drug-likeness (QED) is 0.833. The molecule has 16 heavy (non-hydrogen) atoms. The van der Waals surface area contributed by atoms with Gasteiger partial charge in [-0.2, -0.15) is 0 Å². The molecule has 0 radical (unpaired) electrons. The van der Waals surface area contributed by atoms with Gasteiger partial charge in [0.05, 0.1) is 11.7 Å². The topological polar surface area (TPSA) is 47.0 Å². The van der Waals surface area contributed by atoms with E-state index in [9.17, 15) is 0 Å². The average molecular weight is 223 g/mol. The maximum atomic E-state index is 5.81. The van der Waals surface area contributed by atoms with Crippen LogP contribution in [0.2, 0.25) is 0 Å². The Morgan fingerprint density at radius 3 is 2.56 bits per heavy atom. The van der Waals surface area contributed by atoms with Crippen molar-refractivity contribution in [2.45, 2.75) is 40.2 Å². The fraction of sp³-hybridized carbons (Fsp3) is 0.667. The second-order valence-corrected chi connectivity index (χ2v) is 4.46. The Morgan fingerprint density at radius 2 is 2.00 bits per heavy atom. The molecule has 0 aliphatic carbocycles. The van der Waals surface area contributed by atoms with Crippen LogP contribution < -0.4 is 10.1 Å². The molecule has 0 aliphatic heterocycles. The van der Waals surface area contributed by atoms with Gasteiger partial charge in [0.1, 0.15) is 12.1 Å². The summed E-state index contributed by atoms with van der Waals surface area (Å²) in [5.41, 5.74) is 0.959. The molecule has 0 bridgehead atoms. The number of hydrogen-bond acceptors (Lipinski definition) is 4. The Bertz CT molecular complexity index is 339. The highest BCUT2D eigenvalue weighted by Crippen LogP contribution is 2.22. The lowest BCUT2D eigenvalue weighted by atomic mass is 10.1. The van der Waals surface area contributed by atoms with Crippen LogP contribution in [0.1, 0.15) is 32.8 Å². The van der Waals surface area contributed by atoms with Crippen molar-refractivity contribution in [1.82, 2.24) is 9.97 Å². The zero-order valence-corrected chi connectivity index (χ0v) is 10.7. The molecule has 1 atom stereocenters. The van der Waals surface area contributed by atoms with Crippen LogP contribution in [0.4, 0.5) is 5.82 Å². The van der Waals surface area contributed by atoms with Crippen LogP contribution in [-0.4, -0.2) is 23.1 Å². The maximum Gasteiger partial charge on any atom is 0.221 e. The second kappa shape index (κ2) is 5.68. The van der Waals surface area contributed by atoms with E-state index in [0.717, 1.165) is 17.8 Å². The fourth-order valence-corrected chi connectivity index (χ4v) is 1.71. The number of aromatic nitrogens is 2. The van der Waals surface area contributed by atoms with Crippen molar-refractivity contribution in [2.24, 2.45) is 5.92 Å². The molecule has 0 amide bonds. The molecule has 90 valence electrons. The number of anilines is 1. The summed E-state index contributed by atoms with van der Waals surface area (Å²) in [4.78, 5) is 8.28. The minimum Gasteiger partial charge on any atom is -0.474 e. The molecule has 0 aromatic carbocycles. The maximum absolute atomic E-state index is 5.81. The van der Waals surface area contributed by atoms with Gasteiger partial charge in [0.15, 0.2) is 0 Å². The van der Waals surface area contributed by atoms with E-state index >= 15 is 0 Å². The van der Waals surface area contributed by atoms with Gasteiger partial charge in [-0.05, 0) is 26.2 Å². The molecule has 0 saturated carbocycles. The van der Waals surface area contributed by atoms with Gasteiger partial charge in [0.25, 0.3) is 0 Å². The van der Waals surface area contributed by atoms with E-state index < -0.39 is 0 Å². The van der Waals surface area contributed by atoms with E-state index in [4.69, 9.17) is 4.74 Å². The first-order valence-corrected chi connectivity index (χ1v) is 5.70. The monoisotopic (exact) mass is 223 g/mol. The van der Waals surface area contributed by atoms with Gasteiger partial charge in [-0.15, -0.1) is 0 Å². The van der Waals surface area contributed by atoms with Crippen molar-refractivity contribution >= 4 is 5.82 Å². The smallest absolute Gasteiger partial charge is 0.221 e. The largest absolute Gasteiger partial charge is 0.474 e. The molecular formula is C12H21N3O. The van der Waals surface area contributed by atoms with E-state index in [1.165, 1.54) is 6.33 Å². The third-order valence-corrected chi connectivity index (χ3v) is 2.39. The summed E-state index contributed by atoms with van der Waals surface area (Å²) in [5.74, 6) is 2.12. The molecule has 0 saturated heterocycles. The average Bonchev–Trinajstić information content (AvgIpc) is 2.20. The van der Waals surface area contributed by atoms with Crippen LogP contribution in [0.25, 0.3) is 0 Å². The Hall–Kier alpha value is -1.32. The molecule has 0 spiro atoms.